The van der Waals surface area contributed by atoms with E-state index in [0.717, 1.165) is 12.8 Å². The Hall–Kier alpha value is -4.03. The van der Waals surface area contributed by atoms with E-state index in [1.165, 1.54) is 23.5 Å². The van der Waals surface area contributed by atoms with E-state index in [4.69, 9.17) is 10.2 Å². The Morgan fingerprint density at radius 3 is 2.69 bits per heavy atom. The largest absolute Gasteiger partial charge is 0.424 e. The van der Waals surface area contributed by atoms with Crippen LogP contribution in [0.3, 0.4) is 0 Å². The lowest BCUT2D eigenvalue weighted by Gasteiger charge is -2.09. The number of hydrogen-bond acceptors (Lipinski definition) is 8. The van der Waals surface area contributed by atoms with Gasteiger partial charge in [-0.3, -0.25) is 4.79 Å². The highest BCUT2D eigenvalue weighted by molar-refractivity contribution is 7.18. The lowest BCUT2D eigenvalue weighted by molar-refractivity contribution is -0.121. The number of nitrogens with two attached hydrogens (primary N) is 1. The van der Waals surface area contributed by atoms with Gasteiger partial charge in [-0.05, 0) is 49.2 Å². The minimum Gasteiger partial charge on any atom is -0.424 e. The SMILES string of the molecule is NC1(NC(=O)Cc2nnc(Cc3nc4ccc(-c5cnn(-c6ccc(F)cc6)c5)c(F)c4s3)o2)CC1. The van der Waals surface area contributed by atoms with Crippen molar-refractivity contribution in [3.05, 3.63) is 77.2 Å². The highest BCUT2D eigenvalue weighted by atomic mass is 32.1. The fourth-order valence-electron chi connectivity index (χ4n) is 3.78. The van der Waals surface area contributed by atoms with Crippen molar-refractivity contribution in [3.63, 3.8) is 0 Å². The maximum Gasteiger partial charge on any atom is 0.230 e. The molecule has 3 N–H and O–H groups in total. The average molecular weight is 508 g/mol. The first kappa shape index (κ1) is 22.4. The topological polar surface area (TPSA) is 125 Å². The van der Waals surface area contributed by atoms with Crippen molar-refractivity contribution in [3.8, 4) is 16.8 Å². The number of rotatable bonds is 7. The molecule has 0 bridgehead atoms. The van der Waals surface area contributed by atoms with Crippen LogP contribution in [0.4, 0.5) is 8.78 Å². The average Bonchev–Trinajstić information content (AvgIpc) is 3.24. The molecular weight excluding hydrogens is 488 g/mol. The summed E-state index contributed by atoms with van der Waals surface area (Å²) in [6.45, 7) is 0. The van der Waals surface area contributed by atoms with Crippen LogP contribution in [-0.4, -0.2) is 36.5 Å². The molecule has 9 nitrogen and oxygen atoms in total. The first-order valence-electron chi connectivity index (χ1n) is 11.2. The van der Waals surface area contributed by atoms with Crippen molar-refractivity contribution in [1.82, 2.24) is 30.3 Å². The number of nitrogens with zero attached hydrogens (tertiary/aromatic N) is 5. The Morgan fingerprint density at radius 2 is 1.92 bits per heavy atom. The first-order valence-corrected chi connectivity index (χ1v) is 12.0. The van der Waals surface area contributed by atoms with E-state index in [0.29, 0.717) is 32.0 Å². The molecule has 1 saturated carbocycles. The van der Waals surface area contributed by atoms with Gasteiger partial charge in [0.2, 0.25) is 17.7 Å². The third-order valence-corrected chi connectivity index (χ3v) is 6.89. The van der Waals surface area contributed by atoms with Crippen LogP contribution in [0.5, 0.6) is 0 Å². The predicted molar refractivity (Wildman–Crippen MR) is 127 cm³/mol. The Morgan fingerprint density at radius 1 is 1.14 bits per heavy atom. The Labute approximate surface area is 207 Å². The molecule has 3 heterocycles. The lowest BCUT2D eigenvalue weighted by atomic mass is 10.1. The van der Waals surface area contributed by atoms with Gasteiger partial charge in [0.1, 0.15) is 17.2 Å². The highest BCUT2D eigenvalue weighted by Gasteiger charge is 2.39. The smallest absolute Gasteiger partial charge is 0.230 e. The van der Waals surface area contributed by atoms with E-state index in [1.807, 2.05) is 0 Å². The standard InChI is InChI=1S/C24H19F2N7O2S/c25-14-1-3-15(4-2-14)33-12-13(11-28-33)16-5-6-17-23(22(16)26)36-21(29-17)10-20-32-31-19(35-20)9-18(34)30-24(27)7-8-24/h1-6,11-12H,7-10,27H2,(H,30,34). The Kier molecular flexibility index (Phi) is 5.34. The molecule has 182 valence electrons. The van der Waals surface area contributed by atoms with Gasteiger partial charge in [-0.15, -0.1) is 21.5 Å². The minimum absolute atomic E-state index is 0.0601. The molecule has 0 saturated heterocycles. The number of aromatic nitrogens is 5. The summed E-state index contributed by atoms with van der Waals surface area (Å²) >= 11 is 1.19. The monoisotopic (exact) mass is 507 g/mol. The molecule has 36 heavy (non-hydrogen) atoms. The van der Waals surface area contributed by atoms with E-state index < -0.39 is 11.5 Å². The lowest BCUT2D eigenvalue weighted by Crippen LogP contribution is -2.44. The van der Waals surface area contributed by atoms with E-state index >= 15 is 4.39 Å². The van der Waals surface area contributed by atoms with Gasteiger partial charge in [0, 0.05) is 17.3 Å². The highest BCUT2D eigenvalue weighted by Crippen LogP contribution is 2.33. The van der Waals surface area contributed by atoms with Crippen molar-refractivity contribution >= 4 is 27.5 Å². The number of fused-ring (bicyclic) bond motifs is 1. The van der Waals surface area contributed by atoms with E-state index in [1.54, 1.807) is 41.3 Å². The second-order valence-electron chi connectivity index (χ2n) is 8.68. The minimum atomic E-state index is -0.608. The molecule has 2 aromatic carbocycles. The summed E-state index contributed by atoms with van der Waals surface area (Å²) in [4.78, 5) is 16.5. The van der Waals surface area contributed by atoms with Crippen LogP contribution in [0.15, 0.2) is 53.2 Å². The third kappa shape index (κ3) is 4.48. The molecule has 1 aliphatic rings. The third-order valence-electron chi connectivity index (χ3n) is 5.83. The Bertz CT molecular complexity index is 1590. The fraction of sp³-hybridized carbons (Fsp3) is 0.208. The summed E-state index contributed by atoms with van der Waals surface area (Å²) in [6, 6.07) is 9.27. The van der Waals surface area contributed by atoms with Gasteiger partial charge in [-0.2, -0.15) is 5.10 Å². The van der Waals surface area contributed by atoms with Crippen molar-refractivity contribution < 1.29 is 18.0 Å². The molecule has 3 aromatic heterocycles. The van der Waals surface area contributed by atoms with Crippen LogP contribution in [0.25, 0.3) is 27.0 Å². The van der Waals surface area contributed by atoms with Gasteiger partial charge in [-0.1, -0.05) is 0 Å². The summed E-state index contributed by atoms with van der Waals surface area (Å²) in [5, 5.41) is 15.5. The number of benzene rings is 2. The quantitative estimate of drug-likeness (QED) is 0.323. The van der Waals surface area contributed by atoms with E-state index in [2.05, 4.69) is 25.6 Å². The zero-order chi connectivity index (χ0) is 24.9. The van der Waals surface area contributed by atoms with Crippen LogP contribution in [0.2, 0.25) is 0 Å². The number of halogens is 2. The fourth-order valence-corrected chi connectivity index (χ4v) is 4.77. The van der Waals surface area contributed by atoms with Crippen LogP contribution >= 0.6 is 11.3 Å². The summed E-state index contributed by atoms with van der Waals surface area (Å²) in [5.41, 5.74) is 7.42. The second-order valence-corrected chi connectivity index (χ2v) is 9.76. The van der Waals surface area contributed by atoms with E-state index in [-0.39, 0.29) is 36.3 Å². The first-order chi connectivity index (χ1) is 17.3. The number of nitrogens with one attached hydrogen (secondary N) is 1. The van der Waals surface area contributed by atoms with Gasteiger partial charge in [0.05, 0.1) is 34.2 Å². The predicted octanol–water partition coefficient (Wildman–Crippen LogP) is 3.51. The molecular formula is C24H19F2N7O2S. The maximum atomic E-state index is 15.4. The maximum absolute atomic E-state index is 15.4. The molecule has 1 amide bonds. The molecule has 0 unspecified atom stereocenters. The zero-order valence-corrected chi connectivity index (χ0v) is 19.6. The van der Waals surface area contributed by atoms with Crippen molar-refractivity contribution in [2.24, 2.45) is 5.73 Å². The number of carbonyl (C=O) groups is 1. The van der Waals surface area contributed by atoms with E-state index in [9.17, 15) is 9.18 Å². The van der Waals surface area contributed by atoms with Crippen molar-refractivity contribution in [2.75, 3.05) is 0 Å². The van der Waals surface area contributed by atoms with Crippen LogP contribution < -0.4 is 11.1 Å². The number of amides is 1. The molecule has 0 aliphatic heterocycles. The molecule has 0 spiro atoms. The summed E-state index contributed by atoms with van der Waals surface area (Å²) in [5.74, 6) is -0.563. The Balaban J connectivity index is 1.19. The molecule has 0 atom stereocenters. The van der Waals surface area contributed by atoms with Crippen molar-refractivity contribution in [1.29, 1.82) is 0 Å². The normalized spacial score (nSPS) is 14.3. The van der Waals surface area contributed by atoms with Crippen LogP contribution in [-0.2, 0) is 17.6 Å². The van der Waals surface area contributed by atoms with Gasteiger partial charge in [0.25, 0.3) is 0 Å². The zero-order valence-electron chi connectivity index (χ0n) is 18.7. The van der Waals surface area contributed by atoms with Gasteiger partial charge in [-0.25, -0.2) is 18.4 Å². The molecule has 1 aliphatic carbocycles. The van der Waals surface area contributed by atoms with Crippen molar-refractivity contribution in [2.45, 2.75) is 31.3 Å². The molecule has 1 fully saturated rings. The summed E-state index contributed by atoms with van der Waals surface area (Å²) in [6.07, 6.45) is 4.90. The summed E-state index contributed by atoms with van der Waals surface area (Å²) in [7, 11) is 0. The summed E-state index contributed by atoms with van der Waals surface area (Å²) < 4.78 is 36.2. The van der Waals surface area contributed by atoms with Gasteiger partial charge < -0.3 is 15.5 Å². The number of carbonyl (C=O) groups excluding carboxylic acids is 1. The van der Waals surface area contributed by atoms with Gasteiger partial charge in [0.15, 0.2) is 5.82 Å². The number of hydrogen-bond donors (Lipinski definition) is 2. The molecule has 5 aromatic rings. The van der Waals surface area contributed by atoms with Crippen LogP contribution in [0.1, 0.15) is 29.6 Å². The molecule has 12 heteroatoms. The molecule has 6 rings (SSSR count). The van der Waals surface area contributed by atoms with Crippen LogP contribution in [0, 0.1) is 11.6 Å². The molecule has 0 radical (unpaired) electrons. The van der Waals surface area contributed by atoms with Gasteiger partial charge >= 0.3 is 0 Å². The second kappa shape index (κ2) is 8.57. The number of thiazole rings is 1.